The van der Waals surface area contributed by atoms with E-state index in [-0.39, 0.29) is 27.7 Å². The minimum Gasteiger partial charge on any atom is -0.350 e. The summed E-state index contributed by atoms with van der Waals surface area (Å²) in [4.78, 5) is 28.5. The number of pyridine rings is 1. The quantitative estimate of drug-likeness (QED) is 0.284. The van der Waals surface area contributed by atoms with Crippen molar-refractivity contribution < 1.29 is 9.59 Å². The molecule has 0 bridgehead atoms. The van der Waals surface area contributed by atoms with Crippen molar-refractivity contribution in [2.24, 2.45) is 0 Å². The molecule has 0 unspecified atom stereocenters. The van der Waals surface area contributed by atoms with Crippen molar-refractivity contribution in [2.45, 2.75) is 31.3 Å². The van der Waals surface area contributed by atoms with Crippen molar-refractivity contribution in [3.8, 4) is 0 Å². The molecule has 1 fully saturated rings. The van der Waals surface area contributed by atoms with Gasteiger partial charge in [0.25, 0.3) is 5.91 Å². The average Bonchev–Trinajstić information content (AvgIpc) is 3.22. The highest BCUT2D eigenvalue weighted by Crippen LogP contribution is 2.32. The Balaban J connectivity index is 1.25. The van der Waals surface area contributed by atoms with Crippen LogP contribution in [0.1, 0.15) is 45.1 Å². The summed E-state index contributed by atoms with van der Waals surface area (Å²) in [6.07, 6.45) is 3.97. The number of rotatable bonds is 5. The second-order valence-electron chi connectivity index (χ2n) is 8.59. The molecule has 184 valence electrons. The Kier molecular flexibility index (Phi) is 7.41. The molecule has 3 aromatic rings. The first-order valence-electron chi connectivity index (χ1n) is 11.6. The third-order valence-corrected chi connectivity index (χ3v) is 7.83. The number of fused-ring (bicyclic) bond motifs is 2. The lowest BCUT2D eigenvalue weighted by Crippen LogP contribution is -2.41. The number of halogens is 1. The van der Waals surface area contributed by atoms with Crippen molar-refractivity contribution in [3.63, 3.8) is 0 Å². The summed E-state index contributed by atoms with van der Waals surface area (Å²) >= 11 is 13.2. The zero-order valence-corrected chi connectivity index (χ0v) is 21.6. The molecule has 1 aliphatic carbocycles. The van der Waals surface area contributed by atoms with Gasteiger partial charge in [0, 0.05) is 11.9 Å². The van der Waals surface area contributed by atoms with Crippen LogP contribution in [0.5, 0.6) is 0 Å². The van der Waals surface area contributed by atoms with Crippen molar-refractivity contribution in [1.29, 1.82) is 0 Å². The monoisotopic (exact) mass is 537 g/mol. The number of hydrogen-bond acceptors (Lipinski definition) is 6. The Labute approximate surface area is 223 Å². The SMILES string of the molecule is O=C(N[C@@H]1CCSC1=O)c1cnc(NNC(=S)NC2c3ccccc3CCc3ccccc32)c(Cl)c1. The molecule has 2 heterocycles. The number of benzene rings is 2. The summed E-state index contributed by atoms with van der Waals surface area (Å²) in [7, 11) is 0. The largest absolute Gasteiger partial charge is 0.350 e. The summed E-state index contributed by atoms with van der Waals surface area (Å²) in [6.45, 7) is 0. The van der Waals surface area contributed by atoms with Crippen molar-refractivity contribution in [3.05, 3.63) is 93.6 Å². The lowest BCUT2D eigenvalue weighted by atomic mass is 9.95. The molecule has 1 amide bonds. The minimum absolute atomic E-state index is 0.0233. The molecule has 36 heavy (non-hydrogen) atoms. The van der Waals surface area contributed by atoms with E-state index < -0.39 is 6.04 Å². The standard InChI is InChI=1S/C26H24ClN5O2S2/c27-20-13-17(24(33)29-21-11-12-36-25(21)34)14-28-23(20)31-32-26(35)30-22-18-7-3-1-5-15(18)9-10-16-6-2-4-8-19(16)22/h1-8,13-14,21-22H,9-12H2,(H,28,31)(H,29,33)(H2,30,32,35)/t21-/m1/s1. The highest BCUT2D eigenvalue weighted by molar-refractivity contribution is 8.14. The van der Waals surface area contributed by atoms with Crippen molar-refractivity contribution in [1.82, 2.24) is 21.0 Å². The number of carbonyl (C=O) groups excluding carboxylic acids is 2. The molecule has 4 N–H and O–H groups in total. The Morgan fingerprint density at radius 1 is 1.03 bits per heavy atom. The normalized spacial score (nSPS) is 16.9. The molecule has 1 aromatic heterocycles. The number of carbonyl (C=O) groups is 2. The third-order valence-electron chi connectivity index (χ3n) is 6.31. The highest BCUT2D eigenvalue weighted by Gasteiger charge is 2.27. The first kappa shape index (κ1) is 24.5. The third kappa shape index (κ3) is 5.33. The first-order valence-corrected chi connectivity index (χ1v) is 13.4. The fourth-order valence-corrected chi connectivity index (χ4v) is 5.80. The second-order valence-corrected chi connectivity index (χ2v) is 10.5. The molecular weight excluding hydrogens is 514 g/mol. The van der Waals surface area contributed by atoms with E-state index in [1.807, 2.05) is 12.1 Å². The number of hydrogen-bond donors (Lipinski definition) is 4. The van der Waals surface area contributed by atoms with Gasteiger partial charge in [-0.15, -0.1) is 0 Å². The summed E-state index contributed by atoms with van der Waals surface area (Å²) < 4.78 is 0. The van der Waals surface area contributed by atoms with E-state index in [0.29, 0.717) is 23.1 Å². The van der Waals surface area contributed by atoms with Crippen LogP contribution in [0.3, 0.4) is 0 Å². The number of aryl methyl sites for hydroxylation is 2. The van der Waals surface area contributed by atoms with Crippen molar-refractivity contribution in [2.75, 3.05) is 11.2 Å². The molecule has 10 heteroatoms. The predicted octanol–water partition coefficient (Wildman–Crippen LogP) is 4.18. The van der Waals surface area contributed by atoms with Crippen LogP contribution in [-0.4, -0.2) is 32.9 Å². The number of amides is 1. The van der Waals surface area contributed by atoms with E-state index in [1.165, 1.54) is 46.3 Å². The number of nitrogens with one attached hydrogen (secondary N) is 4. The van der Waals surface area contributed by atoms with Crippen LogP contribution in [0.2, 0.25) is 5.02 Å². The highest BCUT2D eigenvalue weighted by atomic mass is 35.5. The van der Waals surface area contributed by atoms with Crippen LogP contribution in [0, 0.1) is 0 Å². The molecule has 2 aliphatic rings. The zero-order valence-electron chi connectivity index (χ0n) is 19.2. The lowest BCUT2D eigenvalue weighted by molar-refractivity contribution is -0.112. The van der Waals surface area contributed by atoms with E-state index in [2.05, 4.69) is 62.9 Å². The zero-order chi connectivity index (χ0) is 25.1. The fraction of sp³-hybridized carbons (Fsp3) is 0.231. The van der Waals surface area contributed by atoms with Crippen molar-refractivity contribution >= 4 is 57.5 Å². The van der Waals surface area contributed by atoms with Gasteiger partial charge in [0.05, 0.1) is 22.7 Å². The van der Waals surface area contributed by atoms with E-state index in [0.717, 1.165) is 12.8 Å². The van der Waals surface area contributed by atoms with Crippen LogP contribution < -0.4 is 21.5 Å². The fourth-order valence-electron chi connectivity index (χ4n) is 4.49. The van der Waals surface area contributed by atoms with Gasteiger partial charge in [0.2, 0.25) is 5.12 Å². The first-order chi connectivity index (χ1) is 17.5. The number of thioether (sulfide) groups is 1. The molecule has 2 aromatic carbocycles. The van der Waals surface area contributed by atoms with Gasteiger partial charge in [-0.25, -0.2) is 4.98 Å². The summed E-state index contributed by atoms with van der Waals surface area (Å²) in [5.41, 5.74) is 11.1. The van der Waals surface area contributed by atoms with Crippen LogP contribution in [0.25, 0.3) is 0 Å². The molecule has 1 aliphatic heterocycles. The maximum absolute atomic E-state index is 12.5. The molecule has 1 atom stereocenters. The molecule has 0 saturated carbocycles. The van der Waals surface area contributed by atoms with E-state index in [4.69, 9.17) is 23.8 Å². The Bertz CT molecular complexity index is 1290. The number of nitrogens with zero attached hydrogens (tertiary/aromatic N) is 1. The Morgan fingerprint density at radius 3 is 2.31 bits per heavy atom. The molecular formula is C26H24ClN5O2S2. The minimum atomic E-state index is -0.469. The van der Waals surface area contributed by atoms with Crippen LogP contribution in [-0.2, 0) is 17.6 Å². The van der Waals surface area contributed by atoms with Crippen LogP contribution in [0.15, 0.2) is 60.8 Å². The molecule has 5 rings (SSSR count). The van der Waals surface area contributed by atoms with E-state index in [1.54, 1.807) is 0 Å². The van der Waals surface area contributed by atoms with Gasteiger partial charge in [-0.1, -0.05) is 71.9 Å². The predicted molar refractivity (Wildman–Crippen MR) is 147 cm³/mol. The van der Waals surface area contributed by atoms with Gasteiger partial charge in [0.15, 0.2) is 10.9 Å². The number of aromatic nitrogens is 1. The summed E-state index contributed by atoms with van der Waals surface area (Å²) in [5, 5.41) is 6.76. The number of hydrazine groups is 1. The topological polar surface area (TPSA) is 95.2 Å². The molecule has 1 saturated heterocycles. The molecule has 7 nitrogen and oxygen atoms in total. The number of thiocarbonyl (C=S) groups is 1. The lowest BCUT2D eigenvalue weighted by Gasteiger charge is -2.24. The Hall–Kier alpha value is -3.14. The smallest absolute Gasteiger partial charge is 0.253 e. The summed E-state index contributed by atoms with van der Waals surface area (Å²) in [6, 6.07) is 17.7. The van der Waals surface area contributed by atoms with Gasteiger partial charge in [0.1, 0.15) is 0 Å². The van der Waals surface area contributed by atoms with Gasteiger partial charge in [-0.05, 0) is 59.8 Å². The van der Waals surface area contributed by atoms with E-state index >= 15 is 0 Å². The van der Waals surface area contributed by atoms with Gasteiger partial charge < -0.3 is 10.6 Å². The van der Waals surface area contributed by atoms with Crippen LogP contribution >= 0.6 is 35.6 Å². The summed E-state index contributed by atoms with van der Waals surface area (Å²) in [5.74, 6) is 0.655. The molecule has 0 spiro atoms. The van der Waals surface area contributed by atoms with Gasteiger partial charge in [-0.2, -0.15) is 0 Å². The average molecular weight is 538 g/mol. The molecule has 0 radical (unpaired) electrons. The van der Waals surface area contributed by atoms with Crippen LogP contribution in [0.4, 0.5) is 5.82 Å². The van der Waals surface area contributed by atoms with E-state index in [9.17, 15) is 9.59 Å². The maximum Gasteiger partial charge on any atom is 0.253 e. The maximum atomic E-state index is 12.5. The second kappa shape index (κ2) is 10.9. The van der Waals surface area contributed by atoms with Gasteiger partial charge in [-0.3, -0.25) is 20.4 Å². The number of anilines is 1. The van der Waals surface area contributed by atoms with Gasteiger partial charge >= 0.3 is 0 Å². The Morgan fingerprint density at radius 2 is 1.69 bits per heavy atom.